The van der Waals surface area contributed by atoms with E-state index < -0.39 is 0 Å². The lowest BCUT2D eigenvalue weighted by atomic mass is 10.0. The van der Waals surface area contributed by atoms with Crippen molar-refractivity contribution in [3.05, 3.63) is 28.2 Å². The molecular weight excluding hydrogens is 318 g/mol. The van der Waals surface area contributed by atoms with Crippen LogP contribution in [-0.2, 0) is 0 Å². The van der Waals surface area contributed by atoms with Gasteiger partial charge in [-0.1, -0.05) is 6.92 Å². The number of phenolic OH excluding ortho intramolecular Hbond substituents is 1. The van der Waals surface area contributed by atoms with E-state index in [9.17, 15) is 9.90 Å². The minimum atomic E-state index is -0.0622. The molecule has 1 N–H and O–H groups in total. The van der Waals surface area contributed by atoms with Gasteiger partial charge in [0.25, 0.3) is 5.91 Å². The first-order chi connectivity index (χ1) is 8.54. The molecule has 1 heterocycles. The predicted octanol–water partition coefficient (Wildman–Crippen LogP) is 3.24. The third-order valence-electron chi connectivity index (χ3n) is 3.49. The Labute approximate surface area is 120 Å². The maximum atomic E-state index is 12.4. The Bertz CT molecular complexity index is 466. The highest BCUT2D eigenvalue weighted by molar-refractivity contribution is 9.10. The van der Waals surface area contributed by atoms with Crippen LogP contribution in [0, 0.1) is 5.92 Å². The second-order valence-electron chi connectivity index (χ2n) is 4.65. The van der Waals surface area contributed by atoms with Gasteiger partial charge in [0.15, 0.2) is 0 Å². The summed E-state index contributed by atoms with van der Waals surface area (Å²) in [6.45, 7) is 2.84. The Kier molecular flexibility index (Phi) is 4.17. The minimum absolute atomic E-state index is 0.0622. The van der Waals surface area contributed by atoms with Crippen LogP contribution in [0.15, 0.2) is 22.7 Å². The van der Waals surface area contributed by atoms with E-state index in [1.165, 1.54) is 6.07 Å². The molecule has 0 aromatic heterocycles. The summed E-state index contributed by atoms with van der Waals surface area (Å²) in [5, 5.41) is 9.62. The van der Waals surface area contributed by atoms with Crippen LogP contribution in [0.2, 0.25) is 0 Å². The Balaban J connectivity index is 2.23. The van der Waals surface area contributed by atoms with Crippen molar-refractivity contribution >= 4 is 33.4 Å². The van der Waals surface area contributed by atoms with Crippen LogP contribution >= 0.6 is 27.5 Å². The largest absolute Gasteiger partial charge is 0.507 e. The molecule has 1 aromatic carbocycles. The van der Waals surface area contributed by atoms with Gasteiger partial charge in [-0.25, -0.2) is 0 Å². The van der Waals surface area contributed by atoms with E-state index in [-0.39, 0.29) is 17.7 Å². The van der Waals surface area contributed by atoms with Crippen molar-refractivity contribution in [2.75, 3.05) is 12.4 Å². The van der Waals surface area contributed by atoms with Gasteiger partial charge >= 0.3 is 0 Å². The van der Waals surface area contributed by atoms with Gasteiger partial charge in [-0.05, 0) is 46.5 Å². The molecule has 18 heavy (non-hydrogen) atoms. The van der Waals surface area contributed by atoms with E-state index in [0.29, 0.717) is 21.8 Å². The molecule has 1 aliphatic rings. The predicted molar refractivity (Wildman–Crippen MR) is 75.1 cm³/mol. The van der Waals surface area contributed by atoms with E-state index in [0.717, 1.165) is 13.0 Å². The van der Waals surface area contributed by atoms with E-state index in [4.69, 9.17) is 11.6 Å². The first-order valence-corrected chi connectivity index (χ1v) is 7.22. The summed E-state index contributed by atoms with van der Waals surface area (Å²) in [6, 6.07) is 4.96. The lowest BCUT2D eigenvalue weighted by molar-refractivity contribution is 0.0736. The Hall–Kier alpha value is -0.740. The number of carbonyl (C=O) groups is 1. The lowest BCUT2D eigenvalue weighted by Gasteiger charge is -2.25. The highest BCUT2D eigenvalue weighted by atomic mass is 79.9. The molecule has 1 fully saturated rings. The molecule has 1 amide bonds. The molecule has 0 radical (unpaired) electrons. The molecule has 1 saturated heterocycles. The Morgan fingerprint density at radius 3 is 2.94 bits per heavy atom. The molecule has 98 valence electrons. The van der Waals surface area contributed by atoms with E-state index in [2.05, 4.69) is 22.9 Å². The molecule has 5 heteroatoms. The van der Waals surface area contributed by atoms with Crippen LogP contribution in [0.25, 0.3) is 0 Å². The van der Waals surface area contributed by atoms with Crippen LogP contribution in [0.3, 0.4) is 0 Å². The van der Waals surface area contributed by atoms with Gasteiger partial charge in [-0.3, -0.25) is 4.79 Å². The number of phenols is 1. The molecule has 0 aliphatic carbocycles. The van der Waals surface area contributed by atoms with Gasteiger partial charge < -0.3 is 10.0 Å². The van der Waals surface area contributed by atoms with Gasteiger partial charge in [0.2, 0.25) is 0 Å². The summed E-state index contributed by atoms with van der Waals surface area (Å²) < 4.78 is 0.586. The minimum Gasteiger partial charge on any atom is -0.507 e. The van der Waals surface area contributed by atoms with Crippen molar-refractivity contribution in [1.29, 1.82) is 0 Å². The van der Waals surface area contributed by atoms with E-state index in [1.807, 2.05) is 0 Å². The van der Waals surface area contributed by atoms with Gasteiger partial charge in [-0.2, -0.15) is 0 Å². The first kappa shape index (κ1) is 13.7. The molecule has 0 bridgehead atoms. The highest BCUT2D eigenvalue weighted by Gasteiger charge is 2.34. The summed E-state index contributed by atoms with van der Waals surface area (Å²) >= 11 is 9.14. The van der Waals surface area contributed by atoms with Gasteiger partial charge in [0.1, 0.15) is 5.75 Å². The average molecular weight is 333 g/mol. The number of hydrogen-bond donors (Lipinski definition) is 1. The van der Waals surface area contributed by atoms with Crippen LogP contribution in [0.4, 0.5) is 0 Å². The van der Waals surface area contributed by atoms with Crippen molar-refractivity contribution in [3.63, 3.8) is 0 Å². The van der Waals surface area contributed by atoms with Crippen molar-refractivity contribution in [2.24, 2.45) is 5.92 Å². The fourth-order valence-electron chi connectivity index (χ4n) is 2.31. The van der Waals surface area contributed by atoms with Crippen molar-refractivity contribution in [2.45, 2.75) is 19.4 Å². The fourth-order valence-corrected chi connectivity index (χ4v) is 3.02. The molecular formula is C13H15BrClNO2. The third-order valence-corrected chi connectivity index (χ3v) is 4.48. The fraction of sp³-hybridized carbons (Fsp3) is 0.462. The third kappa shape index (κ3) is 2.50. The summed E-state index contributed by atoms with van der Waals surface area (Å²) in [7, 11) is 0. The SMILES string of the molecule is CC1CCN(C(=O)c2ccc(Br)c(O)c2)C1CCl. The molecule has 0 spiro atoms. The number of likely N-dealkylation sites (tertiary alicyclic amines) is 1. The number of rotatable bonds is 2. The maximum absolute atomic E-state index is 12.4. The second-order valence-corrected chi connectivity index (χ2v) is 5.82. The highest BCUT2D eigenvalue weighted by Crippen LogP contribution is 2.29. The number of nitrogens with zero attached hydrogens (tertiary/aromatic N) is 1. The maximum Gasteiger partial charge on any atom is 0.254 e. The summed E-state index contributed by atoms with van der Waals surface area (Å²) in [6.07, 6.45) is 0.978. The lowest BCUT2D eigenvalue weighted by Crippen LogP contribution is -2.38. The standard InChI is InChI=1S/C13H15BrClNO2/c1-8-4-5-16(11(8)7-15)13(18)9-2-3-10(14)12(17)6-9/h2-3,6,8,11,17H,4-5,7H2,1H3. The molecule has 1 aliphatic heterocycles. The number of benzene rings is 1. The normalized spacial score (nSPS) is 23.4. The van der Waals surface area contributed by atoms with Crippen LogP contribution < -0.4 is 0 Å². The Morgan fingerprint density at radius 2 is 2.33 bits per heavy atom. The zero-order chi connectivity index (χ0) is 13.3. The monoisotopic (exact) mass is 331 g/mol. The molecule has 3 nitrogen and oxygen atoms in total. The van der Waals surface area contributed by atoms with Gasteiger partial charge in [0, 0.05) is 24.0 Å². The number of aromatic hydroxyl groups is 1. The number of carbonyl (C=O) groups excluding carboxylic acids is 1. The molecule has 2 atom stereocenters. The van der Waals surface area contributed by atoms with E-state index >= 15 is 0 Å². The zero-order valence-electron chi connectivity index (χ0n) is 10.1. The smallest absolute Gasteiger partial charge is 0.254 e. The molecule has 1 aromatic rings. The van der Waals surface area contributed by atoms with E-state index in [1.54, 1.807) is 17.0 Å². The quantitative estimate of drug-likeness (QED) is 0.845. The van der Waals surface area contributed by atoms with Gasteiger partial charge in [-0.15, -0.1) is 11.6 Å². The summed E-state index contributed by atoms with van der Waals surface area (Å²) in [5.74, 6) is 0.897. The number of halogens is 2. The van der Waals surface area contributed by atoms with Gasteiger partial charge in [0.05, 0.1) is 4.47 Å². The van der Waals surface area contributed by atoms with Crippen LogP contribution in [-0.4, -0.2) is 34.4 Å². The molecule has 0 saturated carbocycles. The van der Waals surface area contributed by atoms with Crippen LogP contribution in [0.5, 0.6) is 5.75 Å². The van der Waals surface area contributed by atoms with Crippen LogP contribution in [0.1, 0.15) is 23.7 Å². The number of alkyl halides is 1. The van der Waals surface area contributed by atoms with Crippen molar-refractivity contribution < 1.29 is 9.90 Å². The first-order valence-electron chi connectivity index (χ1n) is 5.90. The van der Waals surface area contributed by atoms with Crippen molar-refractivity contribution in [1.82, 2.24) is 4.90 Å². The summed E-state index contributed by atoms with van der Waals surface area (Å²) in [5.41, 5.74) is 0.500. The molecule has 2 unspecified atom stereocenters. The van der Waals surface area contributed by atoms with Crippen molar-refractivity contribution in [3.8, 4) is 5.75 Å². The topological polar surface area (TPSA) is 40.5 Å². The summed E-state index contributed by atoms with van der Waals surface area (Å²) in [4.78, 5) is 14.2. The zero-order valence-corrected chi connectivity index (χ0v) is 12.4. The Morgan fingerprint density at radius 1 is 1.61 bits per heavy atom. The second kappa shape index (κ2) is 5.49. The number of hydrogen-bond acceptors (Lipinski definition) is 2. The number of amides is 1. The molecule has 2 rings (SSSR count). The average Bonchev–Trinajstić information content (AvgIpc) is 2.73.